The molecule has 5 heteroatoms. The second-order valence-electron chi connectivity index (χ2n) is 5.81. The average molecular weight is 293 g/mol. The molecule has 1 fully saturated rings. The summed E-state index contributed by atoms with van der Waals surface area (Å²) in [4.78, 5) is 5.86. The highest BCUT2D eigenvalue weighted by Crippen LogP contribution is 2.41. The molecule has 1 aliphatic rings. The van der Waals surface area contributed by atoms with E-state index in [4.69, 9.17) is 4.98 Å². The number of nitrogens with one attached hydrogen (secondary N) is 1. The molecule has 0 unspecified atom stereocenters. The van der Waals surface area contributed by atoms with Gasteiger partial charge in [-0.05, 0) is 25.7 Å². The number of imidazole rings is 1. The van der Waals surface area contributed by atoms with E-state index in [0.717, 1.165) is 24.3 Å². The fourth-order valence-electron chi connectivity index (χ4n) is 2.62. The lowest BCUT2D eigenvalue weighted by Gasteiger charge is -2.25. The molecule has 0 aliphatic heterocycles. The molecule has 1 saturated carbocycles. The maximum absolute atomic E-state index is 10.3. The zero-order valence-electron chi connectivity index (χ0n) is 12.2. The van der Waals surface area contributed by atoms with Gasteiger partial charge in [-0.2, -0.15) is 0 Å². The van der Waals surface area contributed by atoms with Crippen LogP contribution in [-0.4, -0.2) is 26.6 Å². The molecule has 4 nitrogen and oxygen atoms in total. The maximum Gasteiger partial charge on any atom is 0.194 e. The Labute approximate surface area is 123 Å². The third-order valence-corrected chi connectivity index (χ3v) is 5.18. The molecule has 20 heavy (non-hydrogen) atoms. The molecular weight excluding hydrogens is 270 g/mol. The van der Waals surface area contributed by atoms with Crippen molar-refractivity contribution < 1.29 is 5.11 Å². The van der Waals surface area contributed by atoms with Crippen molar-refractivity contribution in [3.8, 4) is 0 Å². The van der Waals surface area contributed by atoms with Crippen molar-refractivity contribution >= 4 is 16.3 Å². The van der Waals surface area contributed by atoms with E-state index in [2.05, 4.69) is 21.3 Å². The van der Waals surface area contributed by atoms with Crippen molar-refractivity contribution in [2.24, 2.45) is 0 Å². The predicted molar refractivity (Wildman–Crippen MR) is 82.3 cm³/mol. The Morgan fingerprint density at radius 2 is 2.20 bits per heavy atom. The number of rotatable bonds is 7. The largest absolute Gasteiger partial charge is 0.389 e. The van der Waals surface area contributed by atoms with Crippen LogP contribution in [-0.2, 0) is 6.54 Å². The van der Waals surface area contributed by atoms with E-state index in [0.29, 0.717) is 12.5 Å². The summed E-state index contributed by atoms with van der Waals surface area (Å²) in [7, 11) is 0. The van der Waals surface area contributed by atoms with Crippen LogP contribution in [0, 0.1) is 0 Å². The first-order valence-electron chi connectivity index (χ1n) is 7.54. The van der Waals surface area contributed by atoms with Crippen LogP contribution in [0.4, 0.5) is 0 Å². The van der Waals surface area contributed by atoms with Crippen LogP contribution in [0.2, 0.25) is 0 Å². The van der Waals surface area contributed by atoms with Gasteiger partial charge in [0, 0.05) is 30.6 Å². The molecular formula is C15H23N3OS. The van der Waals surface area contributed by atoms with E-state index in [-0.39, 0.29) is 0 Å². The van der Waals surface area contributed by atoms with Crippen molar-refractivity contribution in [2.45, 2.75) is 57.6 Å². The fourth-order valence-corrected chi connectivity index (χ4v) is 3.36. The SMILES string of the molecule is CCC(O)(CC)CNCc1c(C2CC2)nc2sccn12. The van der Waals surface area contributed by atoms with Gasteiger partial charge in [-0.25, -0.2) is 4.98 Å². The molecule has 2 aromatic heterocycles. The molecule has 0 atom stereocenters. The minimum absolute atomic E-state index is 0.585. The molecule has 1 aliphatic carbocycles. The first kappa shape index (κ1) is 14.0. The van der Waals surface area contributed by atoms with Gasteiger partial charge in [0.25, 0.3) is 0 Å². The number of hydrogen-bond donors (Lipinski definition) is 2. The number of thiazole rings is 1. The van der Waals surface area contributed by atoms with E-state index in [1.54, 1.807) is 11.3 Å². The standard InChI is InChI=1S/C15H23N3OS/c1-3-15(19,4-2)10-16-9-12-13(11-5-6-11)17-14-18(12)7-8-20-14/h7-8,11,16,19H,3-6,9-10H2,1-2H3. The van der Waals surface area contributed by atoms with Crippen molar-refractivity contribution in [1.29, 1.82) is 0 Å². The highest BCUT2D eigenvalue weighted by Gasteiger charge is 2.30. The highest BCUT2D eigenvalue weighted by atomic mass is 32.1. The molecule has 0 aromatic carbocycles. The third-order valence-electron chi connectivity index (χ3n) is 4.42. The van der Waals surface area contributed by atoms with Gasteiger partial charge < -0.3 is 10.4 Å². The fraction of sp³-hybridized carbons (Fsp3) is 0.667. The molecule has 2 N–H and O–H groups in total. The van der Waals surface area contributed by atoms with Crippen LogP contribution < -0.4 is 5.32 Å². The normalized spacial score (nSPS) is 16.1. The average Bonchev–Trinajstić information content (AvgIpc) is 3.10. The van der Waals surface area contributed by atoms with Crippen molar-refractivity contribution in [2.75, 3.05) is 6.54 Å². The smallest absolute Gasteiger partial charge is 0.194 e. The van der Waals surface area contributed by atoms with E-state index < -0.39 is 5.60 Å². The van der Waals surface area contributed by atoms with Gasteiger partial charge in [0.05, 0.1) is 17.0 Å². The molecule has 0 bridgehead atoms. The molecule has 2 aromatic rings. The van der Waals surface area contributed by atoms with Crippen molar-refractivity contribution in [1.82, 2.24) is 14.7 Å². The molecule has 0 radical (unpaired) electrons. The molecule has 0 amide bonds. The van der Waals surface area contributed by atoms with Gasteiger partial charge in [-0.15, -0.1) is 11.3 Å². The Kier molecular flexibility index (Phi) is 3.84. The van der Waals surface area contributed by atoms with Crippen LogP contribution in [0.1, 0.15) is 56.8 Å². The summed E-state index contributed by atoms with van der Waals surface area (Å²) < 4.78 is 2.20. The quantitative estimate of drug-likeness (QED) is 0.825. The van der Waals surface area contributed by atoms with E-state index in [1.807, 2.05) is 13.8 Å². The Bertz CT molecular complexity index is 581. The Balaban J connectivity index is 1.73. The zero-order valence-corrected chi connectivity index (χ0v) is 13.0. The van der Waals surface area contributed by atoms with Gasteiger partial charge in [0.15, 0.2) is 4.96 Å². The lowest BCUT2D eigenvalue weighted by Crippen LogP contribution is -2.39. The van der Waals surface area contributed by atoms with Crippen molar-refractivity contribution in [3.05, 3.63) is 23.0 Å². The van der Waals surface area contributed by atoms with Gasteiger partial charge in [-0.3, -0.25) is 4.40 Å². The van der Waals surface area contributed by atoms with E-state index in [9.17, 15) is 5.11 Å². The van der Waals surface area contributed by atoms with Crippen LogP contribution in [0.25, 0.3) is 4.96 Å². The van der Waals surface area contributed by atoms with Crippen LogP contribution in [0.3, 0.4) is 0 Å². The summed E-state index contributed by atoms with van der Waals surface area (Å²) in [5.74, 6) is 0.662. The second-order valence-corrected chi connectivity index (χ2v) is 6.68. The second kappa shape index (κ2) is 5.47. The number of nitrogens with zero attached hydrogens (tertiary/aromatic N) is 2. The van der Waals surface area contributed by atoms with Crippen LogP contribution in [0.5, 0.6) is 0 Å². The van der Waals surface area contributed by atoms with Gasteiger partial charge in [0.2, 0.25) is 0 Å². The lowest BCUT2D eigenvalue weighted by molar-refractivity contribution is 0.0322. The summed E-state index contributed by atoms with van der Waals surface area (Å²) in [6.07, 6.45) is 6.21. The molecule has 3 rings (SSSR count). The molecule has 0 spiro atoms. The predicted octanol–water partition coefficient (Wildman–Crippen LogP) is 2.91. The first-order valence-corrected chi connectivity index (χ1v) is 8.42. The summed E-state index contributed by atoms with van der Waals surface area (Å²) in [5, 5.41) is 15.8. The van der Waals surface area contributed by atoms with E-state index >= 15 is 0 Å². The number of aliphatic hydroxyl groups is 1. The van der Waals surface area contributed by atoms with Gasteiger partial charge >= 0.3 is 0 Å². The van der Waals surface area contributed by atoms with Crippen LogP contribution >= 0.6 is 11.3 Å². The molecule has 2 heterocycles. The zero-order chi connectivity index (χ0) is 14.2. The lowest BCUT2D eigenvalue weighted by atomic mass is 9.97. The van der Waals surface area contributed by atoms with Gasteiger partial charge in [0.1, 0.15) is 0 Å². The first-order chi connectivity index (χ1) is 9.67. The summed E-state index contributed by atoms with van der Waals surface area (Å²) >= 11 is 1.69. The summed E-state index contributed by atoms with van der Waals surface area (Å²) in [6, 6.07) is 0. The Morgan fingerprint density at radius 3 is 2.85 bits per heavy atom. The van der Waals surface area contributed by atoms with Crippen molar-refractivity contribution in [3.63, 3.8) is 0 Å². The molecule has 0 saturated heterocycles. The Hall–Kier alpha value is -0.910. The third kappa shape index (κ3) is 2.62. The number of aromatic nitrogens is 2. The van der Waals surface area contributed by atoms with Crippen LogP contribution in [0.15, 0.2) is 11.6 Å². The monoisotopic (exact) mass is 293 g/mol. The highest BCUT2D eigenvalue weighted by molar-refractivity contribution is 7.15. The topological polar surface area (TPSA) is 49.6 Å². The number of fused-ring (bicyclic) bond motifs is 1. The number of hydrogen-bond acceptors (Lipinski definition) is 4. The van der Waals surface area contributed by atoms with Gasteiger partial charge in [-0.1, -0.05) is 13.8 Å². The summed E-state index contributed by atoms with van der Waals surface area (Å²) in [6.45, 7) is 5.50. The minimum atomic E-state index is -0.585. The van der Waals surface area contributed by atoms with E-state index in [1.165, 1.54) is 24.2 Å². The summed E-state index contributed by atoms with van der Waals surface area (Å²) in [5.41, 5.74) is 1.96. The minimum Gasteiger partial charge on any atom is -0.389 e. The molecule has 110 valence electrons. The Morgan fingerprint density at radius 1 is 1.45 bits per heavy atom. The maximum atomic E-state index is 10.3.